The van der Waals surface area contributed by atoms with E-state index in [1.807, 2.05) is 12.5 Å². The zero-order chi connectivity index (χ0) is 13.7. The molecule has 1 unspecified atom stereocenters. The lowest BCUT2D eigenvalue weighted by Crippen LogP contribution is -2.24. The van der Waals surface area contributed by atoms with E-state index in [9.17, 15) is 10.2 Å². The molecule has 0 spiro atoms. The van der Waals surface area contributed by atoms with E-state index in [1.165, 1.54) is 17.7 Å². The molecule has 2 aromatic heterocycles. The molecule has 0 amide bonds. The third kappa shape index (κ3) is 2.08. The van der Waals surface area contributed by atoms with Crippen LogP contribution in [0.1, 0.15) is 61.1 Å². The molecule has 20 heavy (non-hydrogen) atoms. The smallest absolute Gasteiger partial charge is 0.120 e. The van der Waals surface area contributed by atoms with Crippen LogP contribution in [0.4, 0.5) is 0 Å². The molecule has 0 saturated heterocycles. The van der Waals surface area contributed by atoms with Gasteiger partial charge in [-0.2, -0.15) is 0 Å². The minimum Gasteiger partial charge on any atom is -0.393 e. The summed E-state index contributed by atoms with van der Waals surface area (Å²) in [5.41, 5.74) is 1.08. The van der Waals surface area contributed by atoms with Gasteiger partial charge in [-0.3, -0.25) is 4.40 Å². The van der Waals surface area contributed by atoms with Crippen molar-refractivity contribution in [3.63, 3.8) is 0 Å². The maximum absolute atomic E-state index is 10.9. The van der Waals surface area contributed by atoms with Crippen molar-refractivity contribution in [3.8, 4) is 0 Å². The van der Waals surface area contributed by atoms with Gasteiger partial charge in [0.15, 0.2) is 0 Å². The average Bonchev–Trinajstić information content (AvgIpc) is 3.08. The lowest BCUT2D eigenvalue weighted by molar-refractivity contribution is 0.0385. The predicted molar refractivity (Wildman–Crippen MR) is 78.0 cm³/mol. The van der Waals surface area contributed by atoms with Gasteiger partial charge in [0.2, 0.25) is 0 Å². The minimum atomic E-state index is -0.416. The van der Waals surface area contributed by atoms with Crippen LogP contribution in [0.15, 0.2) is 12.5 Å². The fourth-order valence-electron chi connectivity index (χ4n) is 3.39. The van der Waals surface area contributed by atoms with Crippen molar-refractivity contribution in [3.05, 3.63) is 23.1 Å². The summed E-state index contributed by atoms with van der Waals surface area (Å²) in [5, 5.41) is 20.5. The Kier molecular flexibility index (Phi) is 3.09. The first-order chi connectivity index (χ1) is 9.74. The van der Waals surface area contributed by atoms with Crippen LogP contribution in [0, 0.1) is 5.92 Å². The summed E-state index contributed by atoms with van der Waals surface area (Å²) in [6, 6.07) is 0. The van der Waals surface area contributed by atoms with Crippen molar-refractivity contribution < 1.29 is 10.2 Å². The summed E-state index contributed by atoms with van der Waals surface area (Å²) in [7, 11) is 0. The molecule has 2 heterocycles. The first-order valence-electron chi connectivity index (χ1n) is 7.55. The number of hydrogen-bond donors (Lipinski definition) is 2. The molecule has 0 aliphatic heterocycles. The predicted octanol–water partition coefficient (Wildman–Crippen LogP) is 2.86. The maximum atomic E-state index is 10.9. The maximum Gasteiger partial charge on any atom is 0.120 e. The van der Waals surface area contributed by atoms with E-state index in [-0.39, 0.29) is 12.0 Å². The normalized spacial score (nSPS) is 28.9. The van der Waals surface area contributed by atoms with Gasteiger partial charge in [-0.1, -0.05) is 0 Å². The van der Waals surface area contributed by atoms with Crippen LogP contribution in [0.5, 0.6) is 0 Å². The van der Waals surface area contributed by atoms with E-state index in [2.05, 4.69) is 9.38 Å². The molecule has 2 saturated carbocycles. The molecule has 2 aliphatic rings. The largest absolute Gasteiger partial charge is 0.393 e. The van der Waals surface area contributed by atoms with Gasteiger partial charge in [0.1, 0.15) is 11.2 Å². The molecule has 2 N–H and O–H groups in total. The van der Waals surface area contributed by atoms with Crippen LogP contribution >= 0.6 is 11.3 Å². The number of nitrogens with zero attached hydrogens (tertiary/aromatic N) is 2. The van der Waals surface area contributed by atoms with Crippen LogP contribution in [-0.4, -0.2) is 25.7 Å². The van der Waals surface area contributed by atoms with Crippen LogP contribution < -0.4 is 0 Å². The van der Waals surface area contributed by atoms with E-state index in [1.54, 1.807) is 11.3 Å². The molecule has 4 nitrogen and oxygen atoms in total. The van der Waals surface area contributed by atoms with Gasteiger partial charge in [-0.25, -0.2) is 4.98 Å². The first-order valence-corrected chi connectivity index (χ1v) is 8.36. The molecule has 108 valence electrons. The second-order valence-corrected chi connectivity index (χ2v) is 7.30. The standard InChI is InChI=1S/C15H20N2O2S/c18-11-5-3-9(4-6-11)14(19)13-15(10-1-2-10)20-12-7-16-8-17(12)13/h7-11,14,18-19H,1-6H2. The lowest BCUT2D eigenvalue weighted by atomic mass is 9.82. The highest BCUT2D eigenvalue weighted by molar-refractivity contribution is 7.17. The number of imidazole rings is 1. The van der Waals surface area contributed by atoms with Crippen molar-refractivity contribution >= 4 is 16.2 Å². The topological polar surface area (TPSA) is 57.8 Å². The third-order valence-corrected chi connectivity index (χ3v) is 6.02. The van der Waals surface area contributed by atoms with Crippen LogP contribution in [0.3, 0.4) is 0 Å². The number of fused-ring (bicyclic) bond motifs is 1. The van der Waals surface area contributed by atoms with Crippen molar-refractivity contribution in [2.45, 2.75) is 56.7 Å². The highest BCUT2D eigenvalue weighted by atomic mass is 32.1. The SMILES string of the molecule is OC1CCC(C(O)c2c(C3CC3)sc3cncn23)CC1. The average molecular weight is 292 g/mol. The molecule has 2 fully saturated rings. The summed E-state index contributed by atoms with van der Waals surface area (Å²) < 4.78 is 2.08. The number of hydrogen-bond acceptors (Lipinski definition) is 4. The molecule has 0 radical (unpaired) electrons. The highest BCUT2D eigenvalue weighted by Crippen LogP contribution is 2.48. The Balaban J connectivity index is 1.69. The number of rotatable bonds is 3. The molecule has 1 atom stereocenters. The van der Waals surface area contributed by atoms with E-state index < -0.39 is 6.10 Å². The molecule has 4 rings (SSSR count). The molecule has 2 aromatic rings. The van der Waals surface area contributed by atoms with Gasteiger partial charge >= 0.3 is 0 Å². The third-order valence-electron chi connectivity index (χ3n) is 4.75. The summed E-state index contributed by atoms with van der Waals surface area (Å²) in [6.45, 7) is 0. The van der Waals surface area contributed by atoms with E-state index >= 15 is 0 Å². The summed E-state index contributed by atoms with van der Waals surface area (Å²) in [6.07, 6.45) is 9.09. The first kappa shape index (κ1) is 12.8. The Labute approximate surface area is 122 Å². The van der Waals surface area contributed by atoms with Crippen molar-refractivity contribution in [1.29, 1.82) is 0 Å². The zero-order valence-corrected chi connectivity index (χ0v) is 12.2. The second-order valence-electron chi connectivity index (χ2n) is 6.24. The Bertz CT molecular complexity index is 608. The van der Waals surface area contributed by atoms with Crippen LogP contribution in [0.2, 0.25) is 0 Å². The van der Waals surface area contributed by atoms with Crippen molar-refractivity contribution in [2.24, 2.45) is 5.92 Å². The van der Waals surface area contributed by atoms with Gasteiger partial charge in [0.05, 0.1) is 24.1 Å². The Morgan fingerprint density at radius 1 is 1.20 bits per heavy atom. The second kappa shape index (κ2) is 4.83. The monoisotopic (exact) mass is 292 g/mol. The van der Waals surface area contributed by atoms with Crippen LogP contribution in [0.25, 0.3) is 4.83 Å². The Morgan fingerprint density at radius 3 is 2.65 bits per heavy atom. The van der Waals surface area contributed by atoms with E-state index in [0.717, 1.165) is 36.2 Å². The highest BCUT2D eigenvalue weighted by Gasteiger charge is 2.35. The van der Waals surface area contributed by atoms with Crippen LogP contribution in [-0.2, 0) is 0 Å². The molecule has 2 aliphatic carbocycles. The van der Waals surface area contributed by atoms with Gasteiger partial charge in [0.25, 0.3) is 0 Å². The summed E-state index contributed by atoms with van der Waals surface area (Å²) >= 11 is 1.79. The zero-order valence-electron chi connectivity index (χ0n) is 11.4. The fraction of sp³-hybridized carbons (Fsp3) is 0.667. The summed E-state index contributed by atoms with van der Waals surface area (Å²) in [5.74, 6) is 0.926. The summed E-state index contributed by atoms with van der Waals surface area (Å²) in [4.78, 5) is 6.70. The van der Waals surface area contributed by atoms with Gasteiger partial charge in [-0.15, -0.1) is 11.3 Å². The minimum absolute atomic E-state index is 0.169. The van der Waals surface area contributed by atoms with Gasteiger partial charge in [-0.05, 0) is 50.4 Å². The molecule has 0 aromatic carbocycles. The fourth-order valence-corrected chi connectivity index (χ4v) is 4.70. The van der Waals surface area contributed by atoms with Gasteiger partial charge < -0.3 is 10.2 Å². The van der Waals surface area contributed by atoms with Crippen molar-refractivity contribution in [1.82, 2.24) is 9.38 Å². The van der Waals surface area contributed by atoms with E-state index in [4.69, 9.17) is 0 Å². The number of thiazole rings is 1. The van der Waals surface area contributed by atoms with E-state index in [0.29, 0.717) is 5.92 Å². The number of aromatic nitrogens is 2. The Hall–Kier alpha value is -0.910. The van der Waals surface area contributed by atoms with Crippen molar-refractivity contribution in [2.75, 3.05) is 0 Å². The molecule has 0 bridgehead atoms. The lowest BCUT2D eigenvalue weighted by Gasteiger charge is -2.29. The molecule has 5 heteroatoms. The quantitative estimate of drug-likeness (QED) is 0.914. The number of aliphatic hydroxyl groups is 2. The molecular weight excluding hydrogens is 272 g/mol. The Morgan fingerprint density at radius 2 is 1.95 bits per heavy atom. The number of aliphatic hydroxyl groups excluding tert-OH is 2. The molecular formula is C15H20N2O2S. The van der Waals surface area contributed by atoms with Gasteiger partial charge in [0, 0.05) is 4.88 Å².